The number of carbonyl (C=O) groups is 1. The lowest BCUT2D eigenvalue weighted by atomic mass is 10.3. The van der Waals surface area contributed by atoms with Gasteiger partial charge in [0.05, 0.1) is 0 Å². The molecule has 20 heavy (non-hydrogen) atoms. The Bertz CT molecular complexity index is 617. The van der Waals surface area contributed by atoms with Crippen LogP contribution in [0.5, 0.6) is 11.6 Å². The van der Waals surface area contributed by atoms with Crippen LogP contribution in [-0.2, 0) is 0 Å². The van der Waals surface area contributed by atoms with E-state index >= 15 is 0 Å². The highest BCUT2D eigenvalue weighted by atomic mass is 19.1. The molecule has 0 aliphatic heterocycles. The first-order valence-electron chi connectivity index (χ1n) is 5.93. The number of hydrogen-bond acceptors (Lipinski definition) is 3. The van der Waals surface area contributed by atoms with E-state index in [0.717, 1.165) is 0 Å². The summed E-state index contributed by atoms with van der Waals surface area (Å²) < 4.78 is 18.4. The summed E-state index contributed by atoms with van der Waals surface area (Å²) in [5.41, 5.74) is 0.581. The van der Waals surface area contributed by atoms with Crippen molar-refractivity contribution in [3.8, 4) is 11.6 Å². The third kappa shape index (κ3) is 3.68. The minimum absolute atomic E-state index is 0.154. The largest absolute Gasteiger partial charge is 0.439 e. The minimum Gasteiger partial charge on any atom is -0.439 e. The van der Waals surface area contributed by atoms with Gasteiger partial charge in [-0.25, -0.2) is 4.79 Å². The Balaban J connectivity index is 2.12. The Morgan fingerprint density at radius 2 is 2.00 bits per heavy atom. The minimum atomic E-state index is -0.612. The molecule has 2 rings (SSSR count). The van der Waals surface area contributed by atoms with Gasteiger partial charge in [-0.3, -0.25) is 0 Å². The maximum atomic E-state index is 13.0. The predicted molar refractivity (Wildman–Crippen MR) is 73.4 cm³/mol. The van der Waals surface area contributed by atoms with Crippen LogP contribution in [0, 0.1) is 5.95 Å². The molecule has 1 aromatic carbocycles. The summed E-state index contributed by atoms with van der Waals surface area (Å²) >= 11 is 0. The van der Waals surface area contributed by atoms with Gasteiger partial charge in [-0.2, -0.15) is 9.37 Å². The lowest BCUT2D eigenvalue weighted by molar-refractivity contribution is 0.230. The van der Waals surface area contributed by atoms with Crippen LogP contribution in [0.1, 0.15) is 0 Å². The molecule has 1 N–H and O–H groups in total. The first-order valence-corrected chi connectivity index (χ1v) is 5.93. The lowest BCUT2D eigenvalue weighted by Gasteiger charge is -2.12. The summed E-state index contributed by atoms with van der Waals surface area (Å²) in [7, 11) is 3.29. The Kier molecular flexibility index (Phi) is 4.14. The third-order valence-corrected chi connectivity index (χ3v) is 2.40. The van der Waals surface area contributed by atoms with Crippen molar-refractivity contribution in [1.29, 1.82) is 0 Å². The van der Waals surface area contributed by atoms with E-state index < -0.39 is 5.95 Å². The van der Waals surface area contributed by atoms with E-state index in [1.165, 1.54) is 17.0 Å². The average molecular weight is 275 g/mol. The molecule has 0 bridgehead atoms. The summed E-state index contributed by atoms with van der Waals surface area (Å²) in [6.45, 7) is 0. The average Bonchev–Trinajstić information content (AvgIpc) is 2.39. The van der Waals surface area contributed by atoms with Gasteiger partial charge in [0.2, 0.25) is 11.8 Å². The van der Waals surface area contributed by atoms with E-state index in [1.54, 1.807) is 44.4 Å². The van der Waals surface area contributed by atoms with E-state index in [4.69, 9.17) is 4.74 Å². The molecule has 0 aliphatic rings. The first-order chi connectivity index (χ1) is 9.54. The van der Waals surface area contributed by atoms with E-state index in [1.807, 2.05) is 0 Å². The molecule has 1 heterocycles. The zero-order valence-electron chi connectivity index (χ0n) is 11.1. The maximum Gasteiger partial charge on any atom is 0.321 e. The SMILES string of the molecule is CN(C)C(=O)Nc1cccc(Oc2cccc(F)n2)c1. The van der Waals surface area contributed by atoms with Crippen LogP contribution >= 0.6 is 0 Å². The molecule has 5 nitrogen and oxygen atoms in total. The number of pyridine rings is 1. The Labute approximate surface area is 116 Å². The summed E-state index contributed by atoms with van der Waals surface area (Å²) in [6.07, 6.45) is 0. The zero-order chi connectivity index (χ0) is 14.5. The van der Waals surface area contributed by atoms with Crippen LogP contribution in [0.15, 0.2) is 42.5 Å². The second-order valence-electron chi connectivity index (χ2n) is 4.25. The van der Waals surface area contributed by atoms with Gasteiger partial charge in [0.15, 0.2) is 0 Å². The van der Waals surface area contributed by atoms with Crippen molar-refractivity contribution < 1.29 is 13.9 Å². The van der Waals surface area contributed by atoms with Crippen molar-refractivity contribution in [2.45, 2.75) is 0 Å². The lowest BCUT2D eigenvalue weighted by Crippen LogP contribution is -2.27. The van der Waals surface area contributed by atoms with Crippen molar-refractivity contribution in [3.63, 3.8) is 0 Å². The number of rotatable bonds is 3. The number of carbonyl (C=O) groups excluding carboxylic acids is 1. The summed E-state index contributed by atoms with van der Waals surface area (Å²) in [4.78, 5) is 16.6. The normalized spacial score (nSPS) is 9.95. The number of anilines is 1. The number of benzene rings is 1. The molecule has 2 aromatic rings. The van der Waals surface area contributed by atoms with Crippen LogP contribution in [0.3, 0.4) is 0 Å². The molecular formula is C14H14FN3O2. The molecule has 0 aliphatic carbocycles. The highest BCUT2D eigenvalue weighted by Crippen LogP contribution is 2.22. The Morgan fingerprint density at radius 3 is 2.70 bits per heavy atom. The number of urea groups is 1. The van der Waals surface area contributed by atoms with Crippen molar-refractivity contribution in [2.24, 2.45) is 0 Å². The number of nitrogens with one attached hydrogen (secondary N) is 1. The van der Waals surface area contributed by atoms with Crippen molar-refractivity contribution in [2.75, 3.05) is 19.4 Å². The number of aromatic nitrogens is 1. The number of nitrogens with zero attached hydrogens (tertiary/aromatic N) is 2. The van der Waals surface area contributed by atoms with Crippen LogP contribution < -0.4 is 10.1 Å². The van der Waals surface area contributed by atoms with Gasteiger partial charge in [-0.1, -0.05) is 12.1 Å². The topological polar surface area (TPSA) is 54.5 Å². The predicted octanol–water partition coefficient (Wildman–Crippen LogP) is 3.11. The fourth-order valence-electron chi connectivity index (χ4n) is 1.44. The molecule has 2 amide bonds. The van der Waals surface area contributed by atoms with Gasteiger partial charge < -0.3 is 15.0 Å². The fraction of sp³-hybridized carbons (Fsp3) is 0.143. The molecule has 104 valence electrons. The molecule has 0 unspecified atom stereocenters. The van der Waals surface area contributed by atoms with Crippen LogP contribution in [0.25, 0.3) is 0 Å². The van der Waals surface area contributed by atoms with E-state index in [2.05, 4.69) is 10.3 Å². The van der Waals surface area contributed by atoms with Gasteiger partial charge in [-0.15, -0.1) is 0 Å². The molecule has 0 fully saturated rings. The summed E-state index contributed by atoms with van der Waals surface area (Å²) in [6, 6.07) is 10.8. The van der Waals surface area contributed by atoms with Crippen LogP contribution in [-0.4, -0.2) is 30.0 Å². The van der Waals surface area contributed by atoms with Crippen molar-refractivity contribution >= 4 is 11.7 Å². The van der Waals surface area contributed by atoms with Crippen LogP contribution in [0.4, 0.5) is 14.9 Å². The van der Waals surface area contributed by atoms with Gasteiger partial charge in [0.25, 0.3) is 0 Å². The maximum absolute atomic E-state index is 13.0. The monoisotopic (exact) mass is 275 g/mol. The molecule has 0 spiro atoms. The van der Waals surface area contributed by atoms with E-state index in [9.17, 15) is 9.18 Å². The second kappa shape index (κ2) is 6.01. The van der Waals surface area contributed by atoms with Crippen LogP contribution in [0.2, 0.25) is 0 Å². The molecule has 0 radical (unpaired) electrons. The molecule has 0 atom stereocenters. The highest BCUT2D eigenvalue weighted by molar-refractivity contribution is 5.89. The molecular weight excluding hydrogens is 261 g/mol. The number of hydrogen-bond donors (Lipinski definition) is 1. The standard InChI is InChI=1S/C14H14FN3O2/c1-18(2)14(19)16-10-5-3-6-11(9-10)20-13-8-4-7-12(15)17-13/h3-9H,1-2H3,(H,16,19). The van der Waals surface area contributed by atoms with E-state index in [0.29, 0.717) is 11.4 Å². The zero-order valence-corrected chi connectivity index (χ0v) is 11.1. The summed E-state index contributed by atoms with van der Waals surface area (Å²) in [5.74, 6) is 0.000285. The summed E-state index contributed by atoms with van der Waals surface area (Å²) in [5, 5.41) is 2.69. The Morgan fingerprint density at radius 1 is 1.25 bits per heavy atom. The molecule has 6 heteroatoms. The number of halogens is 1. The van der Waals surface area contributed by atoms with Crippen molar-refractivity contribution in [1.82, 2.24) is 9.88 Å². The first kappa shape index (κ1) is 13.8. The quantitative estimate of drug-likeness (QED) is 0.876. The van der Waals surface area contributed by atoms with Gasteiger partial charge in [-0.05, 0) is 18.2 Å². The smallest absolute Gasteiger partial charge is 0.321 e. The fourth-order valence-corrected chi connectivity index (χ4v) is 1.44. The molecule has 0 saturated heterocycles. The van der Waals surface area contributed by atoms with E-state index in [-0.39, 0.29) is 11.9 Å². The van der Waals surface area contributed by atoms with Crippen molar-refractivity contribution in [3.05, 3.63) is 48.4 Å². The second-order valence-corrected chi connectivity index (χ2v) is 4.25. The van der Waals surface area contributed by atoms with Gasteiger partial charge in [0, 0.05) is 31.9 Å². The number of ether oxygens (including phenoxy) is 1. The molecule has 0 saturated carbocycles. The van der Waals surface area contributed by atoms with Gasteiger partial charge >= 0.3 is 6.03 Å². The highest BCUT2D eigenvalue weighted by Gasteiger charge is 2.05. The third-order valence-electron chi connectivity index (χ3n) is 2.40. The Hall–Kier alpha value is -2.63. The number of amides is 2. The molecule has 1 aromatic heterocycles. The van der Waals surface area contributed by atoms with Gasteiger partial charge in [0.1, 0.15) is 5.75 Å².